The monoisotopic (exact) mass is 230 g/mol. The predicted molar refractivity (Wildman–Crippen MR) is 58.3 cm³/mol. The Balaban J connectivity index is 0.00000112. The van der Waals surface area contributed by atoms with E-state index in [1.165, 1.54) is 0 Å². The van der Waals surface area contributed by atoms with Gasteiger partial charge in [-0.3, -0.25) is 0 Å². The fourth-order valence-corrected chi connectivity index (χ4v) is 1.69. The van der Waals surface area contributed by atoms with Crippen molar-refractivity contribution in [3.05, 3.63) is 17.2 Å². The SMILES string of the molecule is CCCc1nc2c([nH]1)C(C)(C)OC2=O.Cl. The molecule has 0 spiro atoms. The molecule has 0 aliphatic carbocycles. The maximum Gasteiger partial charge on any atom is 0.359 e. The molecular weight excluding hydrogens is 216 g/mol. The lowest BCUT2D eigenvalue weighted by Crippen LogP contribution is -2.17. The number of nitrogens with zero attached hydrogens (tertiary/aromatic N) is 1. The summed E-state index contributed by atoms with van der Waals surface area (Å²) >= 11 is 0. The first-order chi connectivity index (χ1) is 6.54. The molecule has 0 fully saturated rings. The molecule has 0 aromatic carbocycles. The Morgan fingerprint density at radius 2 is 2.13 bits per heavy atom. The summed E-state index contributed by atoms with van der Waals surface area (Å²) in [7, 11) is 0. The van der Waals surface area contributed by atoms with Crippen molar-refractivity contribution in [3.63, 3.8) is 0 Å². The predicted octanol–water partition coefficient (Wildman–Crippen LogP) is 2.19. The van der Waals surface area contributed by atoms with Crippen molar-refractivity contribution >= 4 is 18.4 Å². The summed E-state index contributed by atoms with van der Waals surface area (Å²) in [4.78, 5) is 18.8. The van der Waals surface area contributed by atoms with Crippen molar-refractivity contribution in [3.8, 4) is 0 Å². The first kappa shape index (κ1) is 12.0. The third kappa shape index (κ3) is 1.86. The van der Waals surface area contributed by atoms with E-state index >= 15 is 0 Å². The number of fused-ring (bicyclic) bond motifs is 1. The molecule has 1 aromatic heterocycles. The number of carbonyl (C=O) groups is 1. The number of nitrogens with one attached hydrogen (secondary N) is 1. The third-order valence-corrected chi connectivity index (χ3v) is 2.38. The van der Waals surface area contributed by atoms with Crippen LogP contribution in [0.4, 0.5) is 0 Å². The minimum absolute atomic E-state index is 0. The van der Waals surface area contributed by atoms with Crippen LogP contribution in [0.15, 0.2) is 0 Å². The van der Waals surface area contributed by atoms with Gasteiger partial charge in [-0.05, 0) is 20.3 Å². The van der Waals surface area contributed by atoms with Crippen molar-refractivity contribution in [2.45, 2.75) is 39.2 Å². The minimum atomic E-state index is -0.550. The van der Waals surface area contributed by atoms with Crippen LogP contribution in [0.1, 0.15) is 49.2 Å². The van der Waals surface area contributed by atoms with Crippen molar-refractivity contribution in [2.75, 3.05) is 0 Å². The van der Waals surface area contributed by atoms with Gasteiger partial charge in [0.05, 0.1) is 5.69 Å². The van der Waals surface area contributed by atoms with E-state index < -0.39 is 5.60 Å². The van der Waals surface area contributed by atoms with Gasteiger partial charge >= 0.3 is 5.97 Å². The quantitative estimate of drug-likeness (QED) is 0.793. The number of hydrogen-bond donors (Lipinski definition) is 1. The summed E-state index contributed by atoms with van der Waals surface area (Å²) in [6.07, 6.45) is 1.89. The zero-order valence-electron chi connectivity index (χ0n) is 9.09. The number of aryl methyl sites for hydroxylation is 1. The van der Waals surface area contributed by atoms with Gasteiger partial charge in [0, 0.05) is 6.42 Å². The highest BCUT2D eigenvalue weighted by molar-refractivity contribution is 5.92. The lowest BCUT2D eigenvalue weighted by molar-refractivity contribution is 0.00765. The van der Waals surface area contributed by atoms with Gasteiger partial charge < -0.3 is 9.72 Å². The second-order valence-electron chi connectivity index (χ2n) is 4.06. The fraction of sp³-hybridized carbons (Fsp3) is 0.600. The molecule has 4 nitrogen and oxygen atoms in total. The normalized spacial score (nSPS) is 16.9. The maximum atomic E-state index is 11.4. The average molecular weight is 231 g/mol. The molecular formula is C10H15ClN2O2. The Morgan fingerprint density at radius 1 is 1.47 bits per heavy atom. The Bertz CT molecular complexity index is 385. The molecule has 5 heteroatoms. The second kappa shape index (κ2) is 3.85. The van der Waals surface area contributed by atoms with E-state index in [4.69, 9.17) is 4.74 Å². The van der Waals surface area contributed by atoms with Crippen molar-refractivity contribution in [1.29, 1.82) is 0 Å². The molecule has 0 atom stereocenters. The molecule has 84 valence electrons. The number of hydrogen-bond acceptors (Lipinski definition) is 3. The molecule has 0 saturated heterocycles. The second-order valence-corrected chi connectivity index (χ2v) is 4.06. The summed E-state index contributed by atoms with van der Waals surface area (Å²) < 4.78 is 5.16. The lowest BCUT2D eigenvalue weighted by Gasteiger charge is -2.15. The zero-order chi connectivity index (χ0) is 10.3. The molecule has 0 amide bonds. The molecule has 15 heavy (non-hydrogen) atoms. The van der Waals surface area contributed by atoms with Crippen LogP contribution < -0.4 is 0 Å². The van der Waals surface area contributed by atoms with Crippen LogP contribution in [-0.2, 0) is 16.8 Å². The van der Waals surface area contributed by atoms with Gasteiger partial charge in [0.25, 0.3) is 0 Å². The molecule has 0 radical (unpaired) electrons. The van der Waals surface area contributed by atoms with Gasteiger partial charge in [0.15, 0.2) is 5.69 Å². The largest absolute Gasteiger partial charge is 0.448 e. The topological polar surface area (TPSA) is 55.0 Å². The molecule has 1 N–H and O–H groups in total. The van der Waals surface area contributed by atoms with Gasteiger partial charge in [0.2, 0.25) is 0 Å². The summed E-state index contributed by atoms with van der Waals surface area (Å²) in [6.45, 7) is 5.81. The highest BCUT2D eigenvalue weighted by Gasteiger charge is 2.41. The first-order valence-corrected chi connectivity index (χ1v) is 4.87. The highest BCUT2D eigenvalue weighted by atomic mass is 35.5. The van der Waals surface area contributed by atoms with E-state index in [0.717, 1.165) is 24.4 Å². The van der Waals surface area contributed by atoms with Crippen LogP contribution in [0.5, 0.6) is 0 Å². The Morgan fingerprint density at radius 3 is 2.67 bits per heavy atom. The van der Waals surface area contributed by atoms with E-state index in [0.29, 0.717) is 5.69 Å². The molecule has 0 bridgehead atoms. The number of cyclic esters (lactones) is 1. The van der Waals surface area contributed by atoms with Crippen LogP contribution >= 0.6 is 12.4 Å². The molecule has 2 rings (SSSR count). The van der Waals surface area contributed by atoms with Crippen molar-refractivity contribution in [1.82, 2.24) is 9.97 Å². The molecule has 1 aliphatic heterocycles. The number of imidazole rings is 1. The lowest BCUT2D eigenvalue weighted by atomic mass is 10.1. The van der Waals surface area contributed by atoms with Gasteiger partial charge in [-0.2, -0.15) is 0 Å². The molecule has 1 aliphatic rings. The number of carbonyl (C=O) groups excluding carboxylic acids is 1. The number of aromatic amines is 1. The number of H-pyrrole nitrogens is 1. The molecule has 1 aromatic rings. The Labute approximate surface area is 94.8 Å². The van der Waals surface area contributed by atoms with Crippen LogP contribution in [0, 0.1) is 0 Å². The number of halogens is 1. The summed E-state index contributed by atoms with van der Waals surface area (Å²) in [5, 5.41) is 0. The standard InChI is InChI=1S/C10H14N2O2.ClH/c1-4-5-6-11-7-8(12-6)10(2,3)14-9(7)13;/h4-5H2,1-3H3,(H,11,12);1H. The van der Waals surface area contributed by atoms with E-state index in [-0.39, 0.29) is 18.4 Å². The van der Waals surface area contributed by atoms with Gasteiger partial charge in [-0.15, -0.1) is 12.4 Å². The molecule has 0 unspecified atom stereocenters. The van der Waals surface area contributed by atoms with Crippen LogP contribution in [0.3, 0.4) is 0 Å². The van der Waals surface area contributed by atoms with Gasteiger partial charge in [0.1, 0.15) is 11.4 Å². The first-order valence-electron chi connectivity index (χ1n) is 4.87. The number of aromatic nitrogens is 2. The Hall–Kier alpha value is -1.03. The minimum Gasteiger partial charge on any atom is -0.448 e. The maximum absolute atomic E-state index is 11.4. The number of ether oxygens (including phenoxy) is 1. The van der Waals surface area contributed by atoms with Crippen molar-refractivity contribution in [2.24, 2.45) is 0 Å². The summed E-state index contributed by atoms with van der Waals surface area (Å²) in [6, 6.07) is 0. The summed E-state index contributed by atoms with van der Waals surface area (Å²) in [5.74, 6) is 0.561. The third-order valence-electron chi connectivity index (χ3n) is 2.38. The fourth-order valence-electron chi connectivity index (χ4n) is 1.69. The number of esters is 1. The Kier molecular flexibility index (Phi) is 3.09. The van der Waals surface area contributed by atoms with Crippen LogP contribution in [0.2, 0.25) is 0 Å². The molecule has 2 heterocycles. The highest BCUT2D eigenvalue weighted by Crippen LogP contribution is 2.33. The van der Waals surface area contributed by atoms with E-state index in [9.17, 15) is 4.79 Å². The van der Waals surface area contributed by atoms with E-state index in [1.54, 1.807) is 0 Å². The smallest absolute Gasteiger partial charge is 0.359 e. The van der Waals surface area contributed by atoms with Crippen LogP contribution in [-0.4, -0.2) is 15.9 Å². The van der Waals surface area contributed by atoms with Crippen molar-refractivity contribution < 1.29 is 9.53 Å². The average Bonchev–Trinajstić information content (AvgIpc) is 2.55. The van der Waals surface area contributed by atoms with E-state index in [1.807, 2.05) is 13.8 Å². The summed E-state index contributed by atoms with van der Waals surface area (Å²) in [5.41, 5.74) is 0.718. The van der Waals surface area contributed by atoms with E-state index in [2.05, 4.69) is 16.9 Å². The van der Waals surface area contributed by atoms with Crippen LogP contribution in [0.25, 0.3) is 0 Å². The zero-order valence-corrected chi connectivity index (χ0v) is 9.90. The number of rotatable bonds is 2. The van der Waals surface area contributed by atoms with Gasteiger partial charge in [-0.1, -0.05) is 6.92 Å². The molecule has 0 saturated carbocycles. The van der Waals surface area contributed by atoms with Gasteiger partial charge in [-0.25, -0.2) is 9.78 Å².